The summed E-state index contributed by atoms with van der Waals surface area (Å²) < 4.78 is 14.3. The second-order valence-corrected chi connectivity index (χ2v) is 19.5. The van der Waals surface area contributed by atoms with Gasteiger partial charge in [0, 0.05) is 62.3 Å². The Hall–Kier alpha value is -5.71. The van der Waals surface area contributed by atoms with E-state index in [1.54, 1.807) is 14.4 Å². The fourth-order valence-electron chi connectivity index (χ4n) is 7.74. The van der Waals surface area contributed by atoms with Crippen LogP contribution in [0.2, 0.25) is 0 Å². The molecule has 0 unspecified atom stereocenters. The van der Waals surface area contributed by atoms with Gasteiger partial charge in [0.05, 0.1) is 16.7 Å². The number of nitrogens with one attached hydrogen (secondary N) is 3. The van der Waals surface area contributed by atoms with Crippen LogP contribution in [-0.2, 0) is 9.47 Å². The number of H-pyrrole nitrogens is 2. The van der Waals surface area contributed by atoms with E-state index in [-0.39, 0.29) is 56.3 Å². The molecule has 3 aromatic carbocycles. The molecule has 378 valence electrons. The van der Waals surface area contributed by atoms with Crippen molar-refractivity contribution >= 4 is 33.9 Å². The molecule has 3 aliphatic heterocycles. The summed E-state index contributed by atoms with van der Waals surface area (Å²) in [5.41, 5.74) is 9.28. The topological polar surface area (TPSA) is 190 Å². The third-order valence-corrected chi connectivity index (χ3v) is 11.8. The number of Topliss-reactive ketones (excluding diaryl/α,β-unsaturated/α-hetero) is 1. The molecule has 2 aromatic heterocycles. The van der Waals surface area contributed by atoms with Crippen molar-refractivity contribution in [2.75, 3.05) is 44.6 Å². The molecule has 69 heavy (non-hydrogen) atoms. The smallest absolute Gasteiger partial charge is 0.410 e. The number of halogens is 1. The van der Waals surface area contributed by atoms with Gasteiger partial charge in [-0.2, -0.15) is 0 Å². The van der Waals surface area contributed by atoms with Crippen LogP contribution in [0.15, 0.2) is 113 Å². The van der Waals surface area contributed by atoms with Crippen LogP contribution in [0.25, 0.3) is 22.5 Å². The zero-order chi connectivity index (χ0) is 48.6. The fraction of sp³-hybridized carbons (Fsp3) is 0.491. The number of aromatic nitrogens is 4. The largest absolute Gasteiger partial charge is 0.444 e. The molecule has 2 amide bonds. The van der Waals surface area contributed by atoms with Crippen molar-refractivity contribution in [2.45, 2.75) is 124 Å². The highest BCUT2D eigenvalue weighted by molar-refractivity contribution is 9.09. The third kappa shape index (κ3) is 18.6. The highest BCUT2D eigenvalue weighted by Crippen LogP contribution is 2.25. The molecule has 3 saturated heterocycles. The van der Waals surface area contributed by atoms with Gasteiger partial charge in [0.1, 0.15) is 11.2 Å². The molecule has 8 rings (SSSR count). The predicted octanol–water partition coefficient (Wildman–Crippen LogP) is 10.1. The number of nitrogens with zero attached hydrogens (tertiary/aromatic N) is 4. The lowest BCUT2D eigenvalue weighted by molar-refractivity contribution is 0.0183. The maximum atomic E-state index is 12.3. The molecule has 3 fully saturated rings. The van der Waals surface area contributed by atoms with Crippen molar-refractivity contribution in [3.8, 4) is 22.5 Å². The van der Waals surface area contributed by atoms with Crippen LogP contribution in [0.3, 0.4) is 0 Å². The normalized spacial score (nSPS) is 15.5. The van der Waals surface area contributed by atoms with E-state index >= 15 is 0 Å². The van der Waals surface area contributed by atoms with E-state index in [1.165, 1.54) is 0 Å². The number of hydrogen-bond donors (Lipinski definition) is 4. The lowest BCUT2D eigenvalue weighted by Crippen LogP contribution is -2.44. The number of amides is 2. The first kappa shape index (κ1) is 57.6. The van der Waals surface area contributed by atoms with E-state index in [1.807, 2.05) is 149 Å². The van der Waals surface area contributed by atoms with Crippen LogP contribution in [0, 0.1) is 0 Å². The number of hydrogen-bond acceptors (Lipinski definition) is 9. The second kappa shape index (κ2) is 27.5. The van der Waals surface area contributed by atoms with Gasteiger partial charge in [-0.15, -0.1) is 0 Å². The van der Waals surface area contributed by atoms with Gasteiger partial charge >= 0.3 is 23.6 Å². The Morgan fingerprint density at radius 2 is 0.957 bits per heavy atom. The molecule has 0 saturated carbocycles. The Kier molecular flexibility index (Phi) is 22.9. The average molecular weight is 1020 g/mol. The molecule has 0 radical (unpaired) electrons. The first-order chi connectivity index (χ1) is 31.9. The number of aromatic amines is 2. The summed E-state index contributed by atoms with van der Waals surface area (Å²) in [6, 6.07) is 29.7. The molecule has 3 aliphatic rings. The van der Waals surface area contributed by atoms with Crippen LogP contribution in [0.4, 0.5) is 9.59 Å². The first-order valence-electron chi connectivity index (χ1n) is 23.2. The predicted molar refractivity (Wildman–Crippen MR) is 281 cm³/mol. The summed E-state index contributed by atoms with van der Waals surface area (Å²) >= 11 is 3.10. The highest BCUT2D eigenvalue weighted by Gasteiger charge is 2.29. The van der Waals surface area contributed by atoms with E-state index in [0.717, 1.165) is 92.8 Å². The lowest BCUT2D eigenvalue weighted by atomic mass is 10.1. The van der Waals surface area contributed by atoms with Crippen LogP contribution >= 0.6 is 15.9 Å². The number of ether oxygens (including phenoxy) is 2. The van der Waals surface area contributed by atoms with Gasteiger partial charge in [-0.05, 0) is 104 Å². The summed E-state index contributed by atoms with van der Waals surface area (Å²) in [7, 11) is 0. The Morgan fingerprint density at radius 1 is 0.594 bits per heavy atom. The van der Waals surface area contributed by atoms with E-state index in [9.17, 15) is 24.0 Å². The molecule has 16 heteroatoms. The number of alkyl halides is 1. The monoisotopic (exact) mass is 1020 g/mol. The van der Waals surface area contributed by atoms with Gasteiger partial charge in [-0.3, -0.25) is 13.9 Å². The molecule has 0 aliphatic carbocycles. The zero-order valence-electron chi connectivity index (χ0n) is 39.8. The minimum Gasteiger partial charge on any atom is -0.444 e. The van der Waals surface area contributed by atoms with Gasteiger partial charge in [0.15, 0.2) is 5.78 Å². The first-order valence-corrected chi connectivity index (χ1v) is 24.3. The SMILES string of the molecule is C.C.CC(C)(C)OC(=O)N1CCC(N)CC1.CC(C)(C)OC(=O)N1CCC(n2cc(-c3ccccc3)[nH]c2=O)CC1.O=C(CBr)c1ccccc1.O=c1[nH]c(-c2ccccc2)cn1C1CCNCC1. The van der Waals surface area contributed by atoms with E-state index < -0.39 is 11.2 Å². The number of carbonyl (C=O) groups excluding carboxylic acids is 3. The molecule has 5 aromatic rings. The standard InChI is InChI=1S/C19H25N3O3.C14H17N3O.C10H20N2O2.C8H7BrO.2CH4/c1-19(2,3)25-18(24)21-11-9-15(10-12-21)22-13-16(20-17(22)23)14-7-5-4-6-8-14;18-14-16-13(11-4-2-1-3-5-11)10-17(14)12-6-8-15-9-7-12;1-10(2,3)14-9(13)12-6-4-8(11)5-7-12;9-6-8(10)7-4-2-1-3-5-7;;/h4-8,13,15H,9-12H2,1-3H3,(H,20,23);1-5,10,12,15H,6-9H2,(H,16,18);8H,4-7,11H2,1-3H3;1-5H,6H2;2*1H4. The Bertz CT molecular complexity index is 2400. The summed E-state index contributed by atoms with van der Waals surface area (Å²) in [5, 5.41) is 3.72. The van der Waals surface area contributed by atoms with E-state index in [0.29, 0.717) is 24.5 Å². The molecular weight excluding hydrogens is 941 g/mol. The van der Waals surface area contributed by atoms with Gasteiger partial charge < -0.3 is 40.3 Å². The fourth-order valence-corrected chi connectivity index (χ4v) is 8.06. The summed E-state index contributed by atoms with van der Waals surface area (Å²) in [6.45, 7) is 15.8. The number of rotatable bonds is 6. The zero-order valence-corrected chi connectivity index (χ0v) is 41.4. The maximum absolute atomic E-state index is 12.3. The van der Waals surface area contributed by atoms with Crippen molar-refractivity contribution < 1.29 is 23.9 Å². The highest BCUT2D eigenvalue weighted by atomic mass is 79.9. The molecule has 0 atom stereocenters. The molecule has 0 spiro atoms. The van der Waals surface area contributed by atoms with Crippen molar-refractivity contribution in [3.63, 3.8) is 0 Å². The molecule has 0 bridgehead atoms. The molecular formula is C53H77BrN8O7. The van der Waals surface area contributed by atoms with Crippen LogP contribution in [-0.4, -0.2) is 109 Å². The Balaban J connectivity index is 0.000000254. The molecule has 5 N–H and O–H groups in total. The second-order valence-electron chi connectivity index (χ2n) is 18.9. The number of piperidine rings is 3. The number of nitrogens with two attached hydrogens (primary N) is 1. The van der Waals surface area contributed by atoms with Gasteiger partial charge in [0.2, 0.25) is 0 Å². The Morgan fingerprint density at radius 3 is 1.33 bits per heavy atom. The van der Waals surface area contributed by atoms with Crippen molar-refractivity contribution in [1.82, 2.24) is 34.2 Å². The summed E-state index contributed by atoms with van der Waals surface area (Å²) in [4.78, 5) is 68.3. The minimum atomic E-state index is -0.490. The maximum Gasteiger partial charge on any atom is 0.410 e. The Labute approximate surface area is 417 Å². The van der Waals surface area contributed by atoms with Gasteiger partial charge in [0.25, 0.3) is 0 Å². The van der Waals surface area contributed by atoms with Crippen LogP contribution in [0.1, 0.15) is 117 Å². The lowest BCUT2D eigenvalue weighted by Gasteiger charge is -2.33. The summed E-state index contributed by atoms with van der Waals surface area (Å²) in [5.74, 6) is 0.126. The number of benzene rings is 3. The molecule has 5 heterocycles. The molecule has 15 nitrogen and oxygen atoms in total. The number of imidazole rings is 2. The number of ketones is 1. The summed E-state index contributed by atoms with van der Waals surface area (Å²) in [6.07, 6.45) is 8.60. The van der Waals surface area contributed by atoms with Gasteiger partial charge in [-0.25, -0.2) is 19.2 Å². The number of carbonyl (C=O) groups is 3. The average Bonchev–Trinajstić information content (AvgIpc) is 3.92. The third-order valence-electron chi connectivity index (χ3n) is 11.3. The van der Waals surface area contributed by atoms with Crippen LogP contribution in [0.5, 0.6) is 0 Å². The number of likely N-dealkylation sites (tertiary alicyclic amines) is 2. The van der Waals surface area contributed by atoms with E-state index in [4.69, 9.17) is 15.2 Å². The minimum absolute atomic E-state index is 0. The van der Waals surface area contributed by atoms with Crippen molar-refractivity contribution in [3.05, 3.63) is 130 Å². The quantitative estimate of drug-likeness (QED) is 0.0948. The van der Waals surface area contributed by atoms with Crippen molar-refractivity contribution in [2.24, 2.45) is 5.73 Å². The van der Waals surface area contributed by atoms with E-state index in [2.05, 4.69) is 31.2 Å². The van der Waals surface area contributed by atoms with Crippen LogP contribution < -0.4 is 22.4 Å². The van der Waals surface area contributed by atoms with Crippen molar-refractivity contribution in [1.29, 1.82) is 0 Å². The van der Waals surface area contributed by atoms with Gasteiger partial charge in [-0.1, -0.05) is 122 Å².